The van der Waals surface area contributed by atoms with E-state index in [1.54, 1.807) is 26.0 Å². The highest BCUT2D eigenvalue weighted by molar-refractivity contribution is 5.88. The van der Waals surface area contributed by atoms with Gasteiger partial charge in [0, 0.05) is 13.0 Å². The van der Waals surface area contributed by atoms with Gasteiger partial charge in [-0.25, -0.2) is 9.59 Å². The molecule has 40 heavy (non-hydrogen) atoms. The highest BCUT2D eigenvalue weighted by Gasteiger charge is 2.47. The molecule has 2 heterocycles. The number of carboxylic acids is 1. The summed E-state index contributed by atoms with van der Waals surface area (Å²) in [6.07, 6.45) is -1.76. The van der Waals surface area contributed by atoms with E-state index in [0.717, 1.165) is 21.6 Å². The van der Waals surface area contributed by atoms with Crippen molar-refractivity contribution in [3.8, 4) is 0 Å². The summed E-state index contributed by atoms with van der Waals surface area (Å²) in [5.74, 6) is -2.62. The summed E-state index contributed by atoms with van der Waals surface area (Å²) >= 11 is 0. The van der Waals surface area contributed by atoms with Crippen molar-refractivity contribution < 1.29 is 37.4 Å². The number of amides is 2. The van der Waals surface area contributed by atoms with Gasteiger partial charge in [-0.2, -0.15) is 13.2 Å². The van der Waals surface area contributed by atoms with Gasteiger partial charge >= 0.3 is 18.2 Å². The summed E-state index contributed by atoms with van der Waals surface area (Å²) in [7, 11) is 0. The molecule has 0 saturated carbocycles. The van der Waals surface area contributed by atoms with E-state index in [2.05, 4.69) is 18.5 Å². The van der Waals surface area contributed by atoms with Crippen LogP contribution in [0.25, 0.3) is 6.08 Å². The third kappa shape index (κ3) is 7.44. The smallest absolute Gasteiger partial charge is 0.410 e. The summed E-state index contributed by atoms with van der Waals surface area (Å²) in [6.45, 7) is 11.0. The fraction of sp³-hybridized carbons (Fsp3) is 0.552. The van der Waals surface area contributed by atoms with E-state index >= 15 is 0 Å². The van der Waals surface area contributed by atoms with Crippen molar-refractivity contribution in [2.24, 2.45) is 5.92 Å². The normalized spacial score (nSPS) is 20.2. The van der Waals surface area contributed by atoms with E-state index in [0.29, 0.717) is 25.9 Å². The quantitative estimate of drug-likeness (QED) is 0.269. The molecule has 0 spiro atoms. The van der Waals surface area contributed by atoms with Crippen molar-refractivity contribution in [2.45, 2.75) is 89.4 Å². The molecule has 1 saturated heterocycles. The molecule has 1 aromatic carbocycles. The number of carboxylic acid groups (broad SMARTS) is 1. The number of hydrogen-bond acceptors (Lipinski definition) is 5. The Morgan fingerprint density at radius 3 is 2.52 bits per heavy atom. The number of carbonyl (C=O) groups is 3. The van der Waals surface area contributed by atoms with E-state index in [-0.39, 0.29) is 25.8 Å². The number of halogens is 3. The second-order valence-corrected chi connectivity index (χ2v) is 10.7. The minimum absolute atomic E-state index is 0.152. The lowest BCUT2D eigenvalue weighted by Crippen LogP contribution is -2.57. The summed E-state index contributed by atoms with van der Waals surface area (Å²) in [6, 6.07) is 1.14. The highest BCUT2D eigenvalue weighted by Crippen LogP contribution is 2.30. The van der Waals surface area contributed by atoms with Crippen molar-refractivity contribution in [1.29, 1.82) is 0 Å². The maximum absolute atomic E-state index is 13.8. The standard InChI is InChI=1S/C29H38F3N3O5/c1-5-7-8-9-13-24(29(30,31)32)33-25(18(3)4)26(36)35-16-21(14-23(35)27(37)38)40-28(39)34-15-20-12-10-11-19(6-2)22(20)17-34/h5-6,10-12,18,21,23-25,33H,1-2,7-9,13-17H2,3-4H3,(H,37,38)/t21-,23+,24?,25+/m1/s1. The van der Waals surface area contributed by atoms with Crippen LogP contribution in [0.15, 0.2) is 37.4 Å². The Morgan fingerprint density at radius 2 is 1.93 bits per heavy atom. The lowest BCUT2D eigenvalue weighted by molar-refractivity contribution is -0.164. The number of rotatable bonds is 12. The molecule has 2 aliphatic heterocycles. The zero-order valence-corrected chi connectivity index (χ0v) is 23.0. The van der Waals surface area contributed by atoms with Crippen LogP contribution in [-0.2, 0) is 27.4 Å². The fourth-order valence-electron chi connectivity index (χ4n) is 5.27. The Morgan fingerprint density at radius 1 is 1.20 bits per heavy atom. The number of nitrogens with one attached hydrogen (secondary N) is 1. The second kappa shape index (κ2) is 13.3. The molecule has 3 rings (SSSR count). The number of unbranched alkanes of at least 4 members (excludes halogenated alkanes) is 2. The number of likely N-dealkylation sites (tertiary alicyclic amines) is 1. The first-order valence-electron chi connectivity index (χ1n) is 13.5. The van der Waals surface area contributed by atoms with Gasteiger partial charge in [-0.05, 0) is 41.9 Å². The van der Waals surface area contributed by atoms with Gasteiger partial charge in [-0.1, -0.05) is 57.2 Å². The molecular weight excluding hydrogens is 527 g/mol. The molecule has 2 amide bonds. The van der Waals surface area contributed by atoms with Crippen LogP contribution in [0, 0.1) is 5.92 Å². The van der Waals surface area contributed by atoms with Gasteiger partial charge in [0.05, 0.1) is 19.1 Å². The molecule has 1 aromatic rings. The average molecular weight is 566 g/mol. The van der Waals surface area contributed by atoms with Gasteiger partial charge in [-0.15, -0.1) is 6.58 Å². The number of carbonyl (C=O) groups excluding carboxylic acids is 2. The molecule has 4 atom stereocenters. The van der Waals surface area contributed by atoms with Crippen molar-refractivity contribution >= 4 is 24.0 Å². The Labute approximate surface area is 232 Å². The van der Waals surface area contributed by atoms with Crippen LogP contribution in [0.1, 0.15) is 62.6 Å². The third-order valence-electron chi connectivity index (χ3n) is 7.46. The number of benzene rings is 1. The van der Waals surface area contributed by atoms with Gasteiger partial charge in [0.25, 0.3) is 0 Å². The van der Waals surface area contributed by atoms with E-state index < -0.39 is 54.3 Å². The lowest BCUT2D eigenvalue weighted by atomic mass is 9.99. The van der Waals surface area contributed by atoms with E-state index in [4.69, 9.17) is 4.74 Å². The van der Waals surface area contributed by atoms with Crippen LogP contribution in [0.2, 0.25) is 0 Å². The molecule has 1 fully saturated rings. The van der Waals surface area contributed by atoms with Crippen LogP contribution >= 0.6 is 0 Å². The predicted octanol–water partition coefficient (Wildman–Crippen LogP) is 5.13. The molecular formula is C29H38F3N3O5. The summed E-state index contributed by atoms with van der Waals surface area (Å²) < 4.78 is 47.1. The number of fused-ring (bicyclic) bond motifs is 1. The number of aliphatic carboxylic acids is 1. The largest absolute Gasteiger partial charge is 0.480 e. The molecule has 0 radical (unpaired) electrons. The maximum atomic E-state index is 13.8. The van der Waals surface area contributed by atoms with Crippen molar-refractivity contribution in [2.75, 3.05) is 6.54 Å². The number of nitrogens with zero attached hydrogens (tertiary/aromatic N) is 2. The minimum atomic E-state index is -4.59. The molecule has 220 valence electrons. The molecule has 0 aliphatic carbocycles. The Hall–Kier alpha value is -3.34. The van der Waals surface area contributed by atoms with Crippen LogP contribution in [-0.4, -0.2) is 69.8 Å². The number of hydrogen-bond donors (Lipinski definition) is 2. The number of alkyl halides is 3. The summed E-state index contributed by atoms with van der Waals surface area (Å²) in [5.41, 5.74) is 2.81. The number of allylic oxidation sites excluding steroid dienone is 1. The summed E-state index contributed by atoms with van der Waals surface area (Å²) in [4.78, 5) is 41.0. The average Bonchev–Trinajstić information content (AvgIpc) is 3.51. The Kier molecular flexibility index (Phi) is 10.4. The first-order chi connectivity index (χ1) is 18.9. The maximum Gasteiger partial charge on any atom is 0.410 e. The Bertz CT molecular complexity index is 1110. The van der Waals surface area contributed by atoms with Crippen molar-refractivity contribution in [3.05, 3.63) is 54.1 Å². The van der Waals surface area contributed by atoms with Crippen molar-refractivity contribution in [3.63, 3.8) is 0 Å². The van der Waals surface area contributed by atoms with Gasteiger partial charge in [0.2, 0.25) is 5.91 Å². The minimum Gasteiger partial charge on any atom is -0.480 e. The van der Waals surface area contributed by atoms with Gasteiger partial charge < -0.3 is 14.7 Å². The lowest BCUT2D eigenvalue weighted by Gasteiger charge is -2.33. The van der Waals surface area contributed by atoms with E-state index in [1.165, 1.54) is 4.90 Å². The molecule has 2 N–H and O–H groups in total. The molecule has 8 nitrogen and oxygen atoms in total. The molecule has 1 unspecified atom stereocenters. The SMILES string of the molecule is C=CCCCCC(N[C@H](C(=O)N1C[C@H](OC(=O)N2Cc3cccc(C=C)c3C2)C[C@H]1C(=O)O)C(C)C)C(F)(F)F. The van der Waals surface area contributed by atoms with Crippen LogP contribution in [0.4, 0.5) is 18.0 Å². The number of ether oxygens (including phenoxy) is 1. The zero-order chi connectivity index (χ0) is 29.6. The zero-order valence-electron chi connectivity index (χ0n) is 23.0. The Balaban J connectivity index is 1.69. The monoisotopic (exact) mass is 565 g/mol. The van der Waals surface area contributed by atoms with Gasteiger partial charge in [-0.3, -0.25) is 15.0 Å². The van der Waals surface area contributed by atoms with Gasteiger partial charge in [0.15, 0.2) is 0 Å². The fourth-order valence-corrected chi connectivity index (χ4v) is 5.27. The van der Waals surface area contributed by atoms with Crippen molar-refractivity contribution in [1.82, 2.24) is 15.1 Å². The van der Waals surface area contributed by atoms with E-state index in [1.807, 2.05) is 18.2 Å². The van der Waals surface area contributed by atoms with E-state index in [9.17, 15) is 32.7 Å². The first kappa shape index (κ1) is 31.2. The van der Waals surface area contributed by atoms with Crippen LogP contribution in [0.5, 0.6) is 0 Å². The molecule has 0 aromatic heterocycles. The second-order valence-electron chi connectivity index (χ2n) is 10.7. The predicted molar refractivity (Wildman–Crippen MR) is 144 cm³/mol. The summed E-state index contributed by atoms with van der Waals surface area (Å²) in [5, 5.41) is 12.3. The molecule has 11 heteroatoms. The topological polar surface area (TPSA) is 99.2 Å². The third-order valence-corrected chi connectivity index (χ3v) is 7.46. The van der Waals surface area contributed by atoms with Crippen LogP contribution < -0.4 is 5.32 Å². The van der Waals surface area contributed by atoms with Gasteiger partial charge in [0.1, 0.15) is 18.2 Å². The van der Waals surface area contributed by atoms with Crippen LogP contribution in [0.3, 0.4) is 0 Å². The highest BCUT2D eigenvalue weighted by atomic mass is 19.4. The molecule has 0 bridgehead atoms. The first-order valence-corrected chi connectivity index (χ1v) is 13.5. The molecule has 2 aliphatic rings.